The second-order valence-corrected chi connectivity index (χ2v) is 4.78. The molecule has 1 saturated carbocycles. The van der Waals surface area contributed by atoms with Gasteiger partial charge in [-0.25, -0.2) is 4.39 Å². The maximum Gasteiger partial charge on any atom is 0.257 e. The highest BCUT2D eigenvalue weighted by molar-refractivity contribution is 5.84. The largest absolute Gasteiger partial charge is 0.351 e. The number of nitrogens with one attached hydrogen (secondary N) is 1. The van der Waals surface area contributed by atoms with E-state index in [9.17, 15) is 9.18 Å². The highest BCUT2D eigenvalue weighted by Crippen LogP contribution is 2.27. The van der Waals surface area contributed by atoms with Crippen LogP contribution in [-0.2, 0) is 4.79 Å². The first-order valence-corrected chi connectivity index (χ1v) is 5.41. The average Bonchev–Trinajstić information content (AvgIpc) is 2.53. The van der Waals surface area contributed by atoms with Gasteiger partial charge >= 0.3 is 0 Å². The standard InChI is InChI=1S/C11H20FNO/c1-8(9-6-4-5-7-9)13-10(14)11(2,3)12/h8-9H,4-7H2,1-3H3,(H,13,14)/t8-/m1/s1. The van der Waals surface area contributed by atoms with Crippen LogP contribution in [-0.4, -0.2) is 17.6 Å². The van der Waals surface area contributed by atoms with Gasteiger partial charge in [-0.15, -0.1) is 0 Å². The lowest BCUT2D eigenvalue weighted by atomic mass is 9.99. The van der Waals surface area contributed by atoms with Gasteiger partial charge in [0, 0.05) is 6.04 Å². The minimum Gasteiger partial charge on any atom is -0.351 e. The molecule has 0 unspecified atom stereocenters. The number of rotatable bonds is 3. The SMILES string of the molecule is C[C@@H](NC(=O)C(C)(C)F)C1CCCC1. The third kappa shape index (κ3) is 2.96. The fourth-order valence-electron chi connectivity index (χ4n) is 1.95. The summed E-state index contributed by atoms with van der Waals surface area (Å²) in [6.45, 7) is 4.56. The van der Waals surface area contributed by atoms with Crippen molar-refractivity contribution in [2.24, 2.45) is 5.92 Å². The van der Waals surface area contributed by atoms with Gasteiger partial charge in [0.25, 0.3) is 5.91 Å². The van der Waals surface area contributed by atoms with Gasteiger partial charge in [0.05, 0.1) is 0 Å². The van der Waals surface area contributed by atoms with Crippen LogP contribution in [0, 0.1) is 5.92 Å². The van der Waals surface area contributed by atoms with E-state index in [1.807, 2.05) is 6.92 Å². The Hall–Kier alpha value is -0.600. The van der Waals surface area contributed by atoms with E-state index in [0.29, 0.717) is 5.92 Å². The molecule has 1 fully saturated rings. The summed E-state index contributed by atoms with van der Waals surface area (Å²) in [4.78, 5) is 11.3. The minimum absolute atomic E-state index is 0.111. The van der Waals surface area contributed by atoms with E-state index < -0.39 is 11.6 Å². The second-order valence-electron chi connectivity index (χ2n) is 4.78. The first kappa shape index (κ1) is 11.5. The summed E-state index contributed by atoms with van der Waals surface area (Å²) in [6, 6.07) is 0.111. The zero-order valence-electron chi connectivity index (χ0n) is 9.27. The van der Waals surface area contributed by atoms with Crippen molar-refractivity contribution in [2.45, 2.75) is 58.2 Å². The number of hydrogen-bond donors (Lipinski definition) is 1. The lowest BCUT2D eigenvalue weighted by Crippen LogP contribution is -2.45. The minimum atomic E-state index is -1.76. The summed E-state index contributed by atoms with van der Waals surface area (Å²) in [5.41, 5.74) is -1.76. The highest BCUT2D eigenvalue weighted by atomic mass is 19.1. The second kappa shape index (κ2) is 4.28. The van der Waals surface area contributed by atoms with Crippen LogP contribution in [0.3, 0.4) is 0 Å². The molecular weight excluding hydrogens is 181 g/mol. The van der Waals surface area contributed by atoms with Crippen LogP contribution in [0.15, 0.2) is 0 Å². The Morgan fingerprint density at radius 3 is 2.36 bits per heavy atom. The van der Waals surface area contributed by atoms with Crippen molar-refractivity contribution in [1.82, 2.24) is 5.32 Å². The predicted octanol–water partition coefficient (Wildman–Crippen LogP) is 2.43. The molecule has 0 aromatic rings. The monoisotopic (exact) mass is 201 g/mol. The number of halogens is 1. The zero-order valence-corrected chi connectivity index (χ0v) is 9.27. The van der Waals surface area contributed by atoms with Crippen molar-refractivity contribution in [1.29, 1.82) is 0 Å². The summed E-state index contributed by atoms with van der Waals surface area (Å²) in [6.07, 6.45) is 4.80. The average molecular weight is 201 g/mol. The predicted molar refractivity (Wildman–Crippen MR) is 54.7 cm³/mol. The normalized spacial score (nSPS) is 20.9. The van der Waals surface area contributed by atoms with E-state index in [2.05, 4.69) is 5.32 Å². The van der Waals surface area contributed by atoms with E-state index in [0.717, 1.165) is 12.8 Å². The van der Waals surface area contributed by atoms with E-state index in [1.54, 1.807) is 0 Å². The van der Waals surface area contributed by atoms with Crippen LogP contribution >= 0.6 is 0 Å². The molecule has 0 heterocycles. The molecule has 1 amide bonds. The number of amides is 1. The van der Waals surface area contributed by atoms with E-state index in [-0.39, 0.29) is 6.04 Å². The topological polar surface area (TPSA) is 29.1 Å². The third-order valence-electron chi connectivity index (χ3n) is 3.01. The maximum absolute atomic E-state index is 13.2. The van der Waals surface area contributed by atoms with E-state index >= 15 is 0 Å². The van der Waals surface area contributed by atoms with Crippen molar-refractivity contribution in [3.8, 4) is 0 Å². The Bertz CT molecular complexity index is 204. The molecule has 0 saturated heterocycles. The summed E-state index contributed by atoms with van der Waals surface area (Å²) < 4.78 is 13.2. The molecule has 1 aliphatic rings. The molecule has 0 spiro atoms. The van der Waals surface area contributed by atoms with Crippen molar-refractivity contribution >= 4 is 5.91 Å². The lowest BCUT2D eigenvalue weighted by Gasteiger charge is -2.23. The molecule has 1 rings (SSSR count). The molecule has 1 aliphatic carbocycles. The van der Waals surface area contributed by atoms with Crippen LogP contribution in [0.2, 0.25) is 0 Å². The molecule has 14 heavy (non-hydrogen) atoms. The van der Waals surface area contributed by atoms with Gasteiger partial charge in [-0.05, 0) is 39.5 Å². The molecule has 0 radical (unpaired) electrons. The van der Waals surface area contributed by atoms with Crippen LogP contribution in [0.25, 0.3) is 0 Å². The van der Waals surface area contributed by atoms with Gasteiger partial charge in [-0.3, -0.25) is 4.79 Å². The smallest absolute Gasteiger partial charge is 0.257 e. The Kier molecular flexibility index (Phi) is 3.51. The number of carbonyl (C=O) groups excluding carboxylic acids is 1. The van der Waals surface area contributed by atoms with Gasteiger partial charge in [0.2, 0.25) is 0 Å². The molecule has 3 heteroatoms. The maximum atomic E-state index is 13.2. The fourth-order valence-corrected chi connectivity index (χ4v) is 1.95. The van der Waals surface area contributed by atoms with Crippen molar-refractivity contribution in [3.05, 3.63) is 0 Å². The molecule has 0 aromatic carbocycles. The molecule has 2 nitrogen and oxygen atoms in total. The number of carbonyl (C=O) groups is 1. The van der Waals surface area contributed by atoms with Crippen LogP contribution in [0.4, 0.5) is 4.39 Å². The van der Waals surface area contributed by atoms with Gasteiger partial charge in [0.15, 0.2) is 5.67 Å². The molecule has 0 aliphatic heterocycles. The molecule has 0 aromatic heterocycles. The lowest BCUT2D eigenvalue weighted by molar-refractivity contribution is -0.131. The van der Waals surface area contributed by atoms with Crippen molar-refractivity contribution in [3.63, 3.8) is 0 Å². The van der Waals surface area contributed by atoms with Crippen LogP contribution in [0.1, 0.15) is 46.5 Å². The first-order chi connectivity index (χ1) is 6.41. The van der Waals surface area contributed by atoms with Gasteiger partial charge < -0.3 is 5.32 Å². The molecule has 1 N–H and O–H groups in total. The number of alkyl halides is 1. The van der Waals surface area contributed by atoms with Gasteiger partial charge in [-0.1, -0.05) is 12.8 Å². The first-order valence-electron chi connectivity index (χ1n) is 5.41. The highest BCUT2D eigenvalue weighted by Gasteiger charge is 2.30. The van der Waals surface area contributed by atoms with Crippen LogP contribution < -0.4 is 5.32 Å². The summed E-state index contributed by atoms with van der Waals surface area (Å²) in [5.74, 6) is 0.0539. The Labute approximate surface area is 85.3 Å². The zero-order chi connectivity index (χ0) is 10.8. The molecule has 82 valence electrons. The molecule has 0 bridgehead atoms. The van der Waals surface area contributed by atoms with Crippen LogP contribution in [0.5, 0.6) is 0 Å². The quantitative estimate of drug-likeness (QED) is 0.746. The van der Waals surface area contributed by atoms with E-state index in [1.165, 1.54) is 26.7 Å². The number of hydrogen-bond acceptors (Lipinski definition) is 1. The Morgan fingerprint density at radius 1 is 1.43 bits per heavy atom. The Balaban J connectivity index is 2.39. The molecule has 1 atom stereocenters. The fraction of sp³-hybridized carbons (Fsp3) is 0.909. The van der Waals surface area contributed by atoms with Gasteiger partial charge in [0.1, 0.15) is 0 Å². The molecular formula is C11H20FNO. The summed E-state index contributed by atoms with van der Waals surface area (Å²) >= 11 is 0. The Morgan fingerprint density at radius 2 is 1.93 bits per heavy atom. The summed E-state index contributed by atoms with van der Waals surface area (Å²) in [7, 11) is 0. The van der Waals surface area contributed by atoms with Crippen molar-refractivity contribution in [2.75, 3.05) is 0 Å². The summed E-state index contributed by atoms with van der Waals surface area (Å²) in [5, 5.41) is 2.75. The van der Waals surface area contributed by atoms with Crippen molar-refractivity contribution < 1.29 is 9.18 Å². The van der Waals surface area contributed by atoms with E-state index in [4.69, 9.17) is 0 Å². The third-order valence-corrected chi connectivity index (χ3v) is 3.01. The van der Waals surface area contributed by atoms with Gasteiger partial charge in [-0.2, -0.15) is 0 Å².